The van der Waals surface area contributed by atoms with E-state index in [1.165, 1.54) is 10.6 Å². The van der Waals surface area contributed by atoms with Crippen LogP contribution in [0.15, 0.2) is 24.3 Å². The van der Waals surface area contributed by atoms with E-state index in [-0.39, 0.29) is 12.3 Å². The van der Waals surface area contributed by atoms with Gasteiger partial charge in [0.2, 0.25) is 15.9 Å². The van der Waals surface area contributed by atoms with Gasteiger partial charge in [-0.25, -0.2) is 13.1 Å². The molecule has 3 rings (SSSR count). The van der Waals surface area contributed by atoms with E-state index in [0.29, 0.717) is 31.2 Å². The van der Waals surface area contributed by atoms with E-state index < -0.39 is 10.0 Å². The monoisotopic (exact) mass is 410 g/mol. The summed E-state index contributed by atoms with van der Waals surface area (Å²) >= 11 is 5.95. The molecular weight excluding hydrogens is 388 g/mol. The Morgan fingerprint density at radius 2 is 1.70 bits per heavy atom. The number of aromatic nitrogens is 2. The van der Waals surface area contributed by atoms with Crippen molar-refractivity contribution in [2.45, 2.75) is 20.3 Å². The summed E-state index contributed by atoms with van der Waals surface area (Å²) in [6.07, 6.45) is 1.45. The first-order valence-corrected chi connectivity index (χ1v) is 10.9. The summed E-state index contributed by atoms with van der Waals surface area (Å²) in [5, 5.41) is 5.22. The Balaban J connectivity index is 1.73. The summed E-state index contributed by atoms with van der Waals surface area (Å²) in [5.41, 5.74) is 3.52. The zero-order valence-corrected chi connectivity index (χ0v) is 17.2. The second-order valence-corrected chi connectivity index (χ2v) is 9.18. The lowest BCUT2D eigenvalue weighted by Gasteiger charge is -2.33. The highest BCUT2D eigenvalue weighted by Crippen LogP contribution is 2.21. The van der Waals surface area contributed by atoms with Crippen LogP contribution in [0.5, 0.6) is 0 Å². The molecule has 1 fully saturated rings. The van der Waals surface area contributed by atoms with Crippen LogP contribution in [-0.2, 0) is 21.2 Å². The van der Waals surface area contributed by atoms with Gasteiger partial charge in [0.25, 0.3) is 0 Å². The first-order chi connectivity index (χ1) is 12.7. The first kappa shape index (κ1) is 19.9. The summed E-state index contributed by atoms with van der Waals surface area (Å²) in [7, 11) is -3.21. The molecule has 0 N–H and O–H groups in total. The Morgan fingerprint density at radius 1 is 1.11 bits per heavy atom. The maximum atomic E-state index is 12.7. The number of halogens is 1. The van der Waals surface area contributed by atoms with Crippen molar-refractivity contribution in [2.75, 3.05) is 32.4 Å². The van der Waals surface area contributed by atoms with E-state index in [1.807, 2.05) is 30.7 Å². The van der Waals surface area contributed by atoms with Crippen LogP contribution >= 0.6 is 11.6 Å². The molecule has 2 aromatic rings. The minimum absolute atomic E-state index is 0.00925. The minimum atomic E-state index is -3.21. The molecule has 0 saturated carbocycles. The number of carbonyl (C=O) groups excluding carboxylic acids is 1. The Labute approximate surface area is 164 Å². The van der Waals surface area contributed by atoms with E-state index in [1.54, 1.807) is 17.0 Å². The van der Waals surface area contributed by atoms with Gasteiger partial charge < -0.3 is 4.90 Å². The quantitative estimate of drug-likeness (QED) is 0.770. The maximum Gasteiger partial charge on any atom is 0.227 e. The third-order valence-electron chi connectivity index (χ3n) is 4.90. The van der Waals surface area contributed by atoms with Gasteiger partial charge in [0.05, 0.1) is 24.1 Å². The van der Waals surface area contributed by atoms with E-state index in [2.05, 4.69) is 5.10 Å². The lowest BCUT2D eigenvalue weighted by Crippen LogP contribution is -2.50. The summed E-state index contributed by atoms with van der Waals surface area (Å²) in [4.78, 5) is 14.4. The van der Waals surface area contributed by atoms with Gasteiger partial charge >= 0.3 is 0 Å². The zero-order valence-electron chi connectivity index (χ0n) is 15.6. The summed E-state index contributed by atoms with van der Waals surface area (Å²) in [5.74, 6) is -0.00925. The van der Waals surface area contributed by atoms with Crippen LogP contribution in [0.2, 0.25) is 5.02 Å². The molecule has 0 spiro atoms. The van der Waals surface area contributed by atoms with E-state index in [0.717, 1.165) is 22.6 Å². The number of piperazine rings is 1. The largest absolute Gasteiger partial charge is 0.340 e. The highest BCUT2D eigenvalue weighted by molar-refractivity contribution is 7.88. The average molecular weight is 411 g/mol. The van der Waals surface area contributed by atoms with Gasteiger partial charge in [0.15, 0.2) is 0 Å². The highest BCUT2D eigenvalue weighted by Gasteiger charge is 2.27. The highest BCUT2D eigenvalue weighted by atomic mass is 35.5. The smallest absolute Gasteiger partial charge is 0.227 e. The van der Waals surface area contributed by atoms with Crippen LogP contribution in [0.4, 0.5) is 0 Å². The van der Waals surface area contributed by atoms with Gasteiger partial charge in [-0.1, -0.05) is 11.6 Å². The van der Waals surface area contributed by atoms with Crippen molar-refractivity contribution >= 4 is 27.5 Å². The molecule has 0 bridgehead atoms. The summed E-state index contributed by atoms with van der Waals surface area (Å²) in [6.45, 7) is 5.34. The Kier molecular flexibility index (Phi) is 5.60. The fourth-order valence-electron chi connectivity index (χ4n) is 3.30. The molecule has 1 amide bonds. The molecule has 7 nitrogen and oxygen atoms in total. The minimum Gasteiger partial charge on any atom is -0.340 e. The second-order valence-electron chi connectivity index (χ2n) is 6.76. The second kappa shape index (κ2) is 7.61. The molecule has 1 aliphatic rings. The van der Waals surface area contributed by atoms with Gasteiger partial charge in [-0.2, -0.15) is 9.40 Å². The van der Waals surface area contributed by atoms with Crippen molar-refractivity contribution in [3.8, 4) is 5.69 Å². The summed E-state index contributed by atoms with van der Waals surface area (Å²) in [6, 6.07) is 7.38. The third-order valence-corrected chi connectivity index (χ3v) is 6.46. The average Bonchev–Trinajstić information content (AvgIpc) is 2.90. The predicted molar refractivity (Wildman–Crippen MR) is 105 cm³/mol. The van der Waals surface area contributed by atoms with Crippen molar-refractivity contribution in [3.05, 3.63) is 46.2 Å². The molecule has 0 aliphatic carbocycles. The fourth-order valence-corrected chi connectivity index (χ4v) is 4.25. The topological polar surface area (TPSA) is 75.5 Å². The summed E-state index contributed by atoms with van der Waals surface area (Å²) < 4.78 is 26.4. The molecule has 9 heteroatoms. The number of hydrogen-bond acceptors (Lipinski definition) is 4. The zero-order chi connectivity index (χ0) is 19.8. The Morgan fingerprint density at radius 3 is 2.26 bits per heavy atom. The van der Waals surface area contributed by atoms with Crippen molar-refractivity contribution in [3.63, 3.8) is 0 Å². The third kappa shape index (κ3) is 4.34. The van der Waals surface area contributed by atoms with Gasteiger partial charge in [-0.15, -0.1) is 0 Å². The lowest BCUT2D eigenvalue weighted by molar-refractivity contribution is -0.131. The first-order valence-electron chi connectivity index (χ1n) is 8.71. The van der Waals surface area contributed by atoms with E-state index >= 15 is 0 Å². The number of sulfonamides is 1. The molecular formula is C18H23ClN4O3S. The SMILES string of the molecule is Cc1nn(-c2ccc(Cl)cc2)c(C)c1CC(=O)N1CCN(S(C)(=O)=O)CC1. The van der Waals surface area contributed by atoms with Crippen LogP contribution in [-0.4, -0.2) is 65.7 Å². The van der Waals surface area contributed by atoms with Crippen molar-refractivity contribution < 1.29 is 13.2 Å². The normalized spacial score (nSPS) is 15.9. The number of amides is 1. The van der Waals surface area contributed by atoms with Gasteiger partial charge in [-0.3, -0.25) is 4.79 Å². The lowest BCUT2D eigenvalue weighted by atomic mass is 10.1. The molecule has 0 unspecified atom stereocenters. The Bertz CT molecular complexity index is 946. The molecule has 1 aliphatic heterocycles. The van der Waals surface area contributed by atoms with Gasteiger partial charge in [-0.05, 0) is 38.1 Å². The number of carbonyl (C=O) groups is 1. The van der Waals surface area contributed by atoms with Crippen LogP contribution in [0, 0.1) is 13.8 Å². The predicted octanol–water partition coefficient (Wildman–Crippen LogP) is 1.79. The van der Waals surface area contributed by atoms with Crippen molar-refractivity contribution in [1.82, 2.24) is 19.0 Å². The number of hydrogen-bond donors (Lipinski definition) is 0. The van der Waals surface area contributed by atoms with Crippen LogP contribution < -0.4 is 0 Å². The molecule has 1 aromatic heterocycles. The van der Waals surface area contributed by atoms with Crippen molar-refractivity contribution in [2.24, 2.45) is 0 Å². The van der Waals surface area contributed by atoms with E-state index in [9.17, 15) is 13.2 Å². The molecule has 146 valence electrons. The molecule has 1 saturated heterocycles. The Hall–Kier alpha value is -1.90. The van der Waals surface area contributed by atoms with Gasteiger partial charge in [0.1, 0.15) is 0 Å². The molecule has 27 heavy (non-hydrogen) atoms. The number of rotatable bonds is 4. The van der Waals surface area contributed by atoms with Crippen molar-refractivity contribution in [1.29, 1.82) is 0 Å². The number of benzene rings is 1. The molecule has 0 atom stereocenters. The number of aryl methyl sites for hydroxylation is 1. The standard InChI is InChI=1S/C18H23ClN4O3S/c1-13-17(14(2)23(20-13)16-6-4-15(19)5-7-16)12-18(24)21-8-10-22(11-9-21)27(3,25)26/h4-7H,8-12H2,1-3H3. The maximum absolute atomic E-state index is 12.7. The molecule has 1 aromatic carbocycles. The van der Waals surface area contributed by atoms with Gasteiger partial charge in [0, 0.05) is 42.5 Å². The fraction of sp³-hybridized carbons (Fsp3) is 0.444. The van der Waals surface area contributed by atoms with E-state index in [4.69, 9.17) is 11.6 Å². The number of nitrogens with zero attached hydrogens (tertiary/aromatic N) is 4. The van der Waals surface area contributed by atoms with Crippen LogP contribution in [0.25, 0.3) is 5.69 Å². The molecule has 0 radical (unpaired) electrons. The van der Waals surface area contributed by atoms with Crippen LogP contribution in [0.1, 0.15) is 17.0 Å². The van der Waals surface area contributed by atoms with Crippen LogP contribution in [0.3, 0.4) is 0 Å². The molecule has 2 heterocycles.